The Kier molecular flexibility index (Phi) is 4.62. The second-order valence-corrected chi connectivity index (χ2v) is 5.32. The summed E-state index contributed by atoms with van der Waals surface area (Å²) in [6, 6.07) is 13.3. The van der Waals surface area contributed by atoms with E-state index in [1.54, 1.807) is 18.2 Å². The number of Topliss-reactive ketones (excluding diaryl/α,β-unsaturated/α-hetero) is 1. The first-order valence-electron chi connectivity index (χ1n) is 6.10. The van der Waals surface area contributed by atoms with Gasteiger partial charge >= 0.3 is 0 Å². The van der Waals surface area contributed by atoms with E-state index < -0.39 is 0 Å². The van der Waals surface area contributed by atoms with Gasteiger partial charge in [0.05, 0.1) is 15.6 Å². The zero-order chi connectivity index (χ0) is 13.8. The van der Waals surface area contributed by atoms with Gasteiger partial charge in [0, 0.05) is 6.42 Å². The Labute approximate surface area is 123 Å². The Morgan fingerprint density at radius 2 is 1.58 bits per heavy atom. The number of ketones is 1. The maximum absolute atomic E-state index is 12.2. The molecule has 0 aliphatic rings. The van der Waals surface area contributed by atoms with Crippen molar-refractivity contribution in [2.45, 2.75) is 19.8 Å². The highest BCUT2D eigenvalue weighted by Crippen LogP contribution is 2.26. The van der Waals surface area contributed by atoms with Gasteiger partial charge in [-0.15, -0.1) is 0 Å². The molecular weight excluding hydrogens is 279 g/mol. The van der Waals surface area contributed by atoms with Crippen LogP contribution in [0.5, 0.6) is 0 Å². The van der Waals surface area contributed by atoms with Gasteiger partial charge in [-0.05, 0) is 31.0 Å². The highest BCUT2D eigenvalue weighted by molar-refractivity contribution is 6.39. The third-order valence-corrected chi connectivity index (χ3v) is 3.63. The number of rotatable bonds is 4. The van der Waals surface area contributed by atoms with Crippen molar-refractivity contribution in [3.05, 3.63) is 69.2 Å². The third-order valence-electron chi connectivity index (χ3n) is 3.00. The molecule has 2 rings (SSSR count). The lowest BCUT2D eigenvalue weighted by atomic mass is 10.0. The molecule has 0 fully saturated rings. The first kappa shape index (κ1) is 14.1. The maximum atomic E-state index is 12.2. The number of hydrogen-bond donors (Lipinski definition) is 0. The molecule has 0 unspecified atom stereocenters. The van der Waals surface area contributed by atoms with E-state index in [9.17, 15) is 4.79 Å². The van der Waals surface area contributed by atoms with Crippen molar-refractivity contribution in [2.24, 2.45) is 0 Å². The Morgan fingerprint density at radius 3 is 2.16 bits per heavy atom. The van der Waals surface area contributed by atoms with Crippen LogP contribution >= 0.6 is 23.2 Å². The summed E-state index contributed by atoms with van der Waals surface area (Å²) in [6.07, 6.45) is 1.10. The SMILES string of the molecule is Cc1ccc(CCC(=O)c2c(Cl)cccc2Cl)cc1. The Balaban J connectivity index is 2.07. The van der Waals surface area contributed by atoms with Crippen LogP contribution in [0.3, 0.4) is 0 Å². The third kappa shape index (κ3) is 3.59. The summed E-state index contributed by atoms with van der Waals surface area (Å²) < 4.78 is 0. The fourth-order valence-corrected chi connectivity index (χ4v) is 2.51. The molecule has 0 aromatic heterocycles. The molecule has 0 atom stereocenters. The van der Waals surface area contributed by atoms with Crippen molar-refractivity contribution in [3.63, 3.8) is 0 Å². The van der Waals surface area contributed by atoms with E-state index in [1.807, 2.05) is 31.2 Å². The van der Waals surface area contributed by atoms with Crippen LogP contribution < -0.4 is 0 Å². The van der Waals surface area contributed by atoms with Crippen molar-refractivity contribution in [3.8, 4) is 0 Å². The van der Waals surface area contributed by atoms with Crippen molar-refractivity contribution in [1.29, 1.82) is 0 Å². The number of hydrogen-bond acceptors (Lipinski definition) is 1. The molecule has 0 spiro atoms. The molecule has 0 heterocycles. The van der Waals surface area contributed by atoms with Crippen molar-refractivity contribution in [2.75, 3.05) is 0 Å². The summed E-state index contributed by atoms with van der Waals surface area (Å²) in [5.41, 5.74) is 2.78. The van der Waals surface area contributed by atoms with Gasteiger partial charge in [0.25, 0.3) is 0 Å². The quantitative estimate of drug-likeness (QED) is 0.715. The number of halogens is 2. The predicted octanol–water partition coefficient (Wildman–Crippen LogP) is 5.12. The standard InChI is InChI=1S/C16H14Cl2O/c1-11-5-7-12(8-6-11)9-10-15(19)16-13(17)3-2-4-14(16)18/h2-8H,9-10H2,1H3. The average Bonchev–Trinajstić information content (AvgIpc) is 2.38. The topological polar surface area (TPSA) is 17.1 Å². The molecule has 0 radical (unpaired) electrons. The van der Waals surface area contributed by atoms with E-state index in [2.05, 4.69) is 0 Å². The van der Waals surface area contributed by atoms with Crippen molar-refractivity contribution < 1.29 is 4.79 Å². The molecule has 0 aliphatic heterocycles. The van der Waals surface area contributed by atoms with Gasteiger partial charge in [-0.2, -0.15) is 0 Å². The maximum Gasteiger partial charge on any atom is 0.166 e. The molecule has 0 bridgehead atoms. The minimum atomic E-state index is -0.0174. The largest absolute Gasteiger partial charge is 0.294 e. The smallest absolute Gasteiger partial charge is 0.166 e. The Morgan fingerprint density at radius 1 is 1.00 bits per heavy atom. The zero-order valence-corrected chi connectivity index (χ0v) is 12.1. The molecule has 1 nitrogen and oxygen atoms in total. The van der Waals surface area contributed by atoms with Crippen LogP contribution in [0, 0.1) is 6.92 Å². The summed E-state index contributed by atoms with van der Waals surface area (Å²) >= 11 is 12.0. The first-order valence-corrected chi connectivity index (χ1v) is 6.86. The summed E-state index contributed by atoms with van der Waals surface area (Å²) in [5.74, 6) is -0.0174. The fourth-order valence-electron chi connectivity index (χ4n) is 1.90. The highest BCUT2D eigenvalue weighted by atomic mass is 35.5. The molecule has 2 aromatic rings. The molecule has 0 N–H and O–H groups in total. The van der Waals surface area contributed by atoms with Crippen LogP contribution in [-0.4, -0.2) is 5.78 Å². The monoisotopic (exact) mass is 292 g/mol. The lowest BCUT2D eigenvalue weighted by molar-refractivity contribution is 0.0983. The number of carbonyl (C=O) groups is 1. The van der Waals surface area contributed by atoms with E-state index >= 15 is 0 Å². The van der Waals surface area contributed by atoms with Gasteiger partial charge in [-0.1, -0.05) is 59.1 Å². The predicted molar refractivity (Wildman–Crippen MR) is 80.3 cm³/mol. The van der Waals surface area contributed by atoms with Crippen LogP contribution in [0.25, 0.3) is 0 Å². The van der Waals surface area contributed by atoms with Gasteiger partial charge in [0.15, 0.2) is 5.78 Å². The van der Waals surface area contributed by atoms with Crippen LogP contribution in [0.15, 0.2) is 42.5 Å². The zero-order valence-electron chi connectivity index (χ0n) is 10.6. The second kappa shape index (κ2) is 6.23. The molecule has 0 amide bonds. The van der Waals surface area contributed by atoms with E-state index in [0.717, 1.165) is 5.56 Å². The van der Waals surface area contributed by atoms with Crippen LogP contribution in [-0.2, 0) is 6.42 Å². The number of aryl methyl sites for hydroxylation is 2. The molecule has 0 aliphatic carbocycles. The van der Waals surface area contributed by atoms with E-state index in [4.69, 9.17) is 23.2 Å². The minimum Gasteiger partial charge on any atom is -0.294 e. The highest BCUT2D eigenvalue weighted by Gasteiger charge is 2.14. The van der Waals surface area contributed by atoms with Crippen molar-refractivity contribution >= 4 is 29.0 Å². The summed E-state index contributed by atoms with van der Waals surface area (Å²) in [6.45, 7) is 2.04. The number of carbonyl (C=O) groups excluding carboxylic acids is 1. The van der Waals surface area contributed by atoms with Crippen LogP contribution in [0.4, 0.5) is 0 Å². The molecule has 0 saturated heterocycles. The summed E-state index contributed by atoms with van der Waals surface area (Å²) in [5, 5.41) is 0.836. The van der Waals surface area contributed by atoms with Crippen LogP contribution in [0.1, 0.15) is 27.9 Å². The minimum absolute atomic E-state index is 0.0174. The number of benzene rings is 2. The molecular formula is C16H14Cl2O. The van der Waals surface area contributed by atoms with Crippen molar-refractivity contribution in [1.82, 2.24) is 0 Å². The van der Waals surface area contributed by atoms with E-state index in [-0.39, 0.29) is 5.78 Å². The molecule has 3 heteroatoms. The average molecular weight is 293 g/mol. The van der Waals surface area contributed by atoms with Gasteiger partial charge in [0.1, 0.15) is 0 Å². The lowest BCUT2D eigenvalue weighted by Crippen LogP contribution is -2.03. The normalized spacial score (nSPS) is 10.5. The molecule has 98 valence electrons. The fraction of sp³-hybridized carbons (Fsp3) is 0.188. The van der Waals surface area contributed by atoms with Gasteiger partial charge in [-0.25, -0.2) is 0 Å². The lowest BCUT2D eigenvalue weighted by Gasteiger charge is -2.06. The van der Waals surface area contributed by atoms with Crippen LogP contribution in [0.2, 0.25) is 10.0 Å². The molecule has 19 heavy (non-hydrogen) atoms. The molecule has 2 aromatic carbocycles. The van der Waals surface area contributed by atoms with E-state index in [0.29, 0.717) is 28.5 Å². The van der Waals surface area contributed by atoms with Gasteiger partial charge in [0.2, 0.25) is 0 Å². The van der Waals surface area contributed by atoms with Gasteiger partial charge in [-0.3, -0.25) is 4.79 Å². The Bertz CT molecular complexity index is 568. The summed E-state index contributed by atoms with van der Waals surface area (Å²) in [4.78, 5) is 12.2. The summed E-state index contributed by atoms with van der Waals surface area (Å²) in [7, 11) is 0. The first-order chi connectivity index (χ1) is 9.08. The van der Waals surface area contributed by atoms with E-state index in [1.165, 1.54) is 5.56 Å². The second-order valence-electron chi connectivity index (χ2n) is 4.51. The Hall–Kier alpha value is -1.31. The van der Waals surface area contributed by atoms with Gasteiger partial charge < -0.3 is 0 Å². The molecule has 0 saturated carbocycles.